The summed E-state index contributed by atoms with van der Waals surface area (Å²) in [5, 5.41) is 0.500. The van der Waals surface area contributed by atoms with E-state index in [1.165, 1.54) is 10.2 Å². The van der Waals surface area contributed by atoms with E-state index in [-0.39, 0.29) is 10.1 Å². The van der Waals surface area contributed by atoms with Crippen LogP contribution in [0.4, 0.5) is 0 Å². The van der Waals surface area contributed by atoms with Crippen LogP contribution < -0.4 is 0 Å². The van der Waals surface area contributed by atoms with Crippen LogP contribution in [-0.4, -0.2) is 18.7 Å². The topological polar surface area (TPSA) is 56.1 Å². The Balaban J connectivity index is 1.81. The molecule has 2 aromatic carbocycles. The van der Waals surface area contributed by atoms with Crippen molar-refractivity contribution in [1.82, 2.24) is 3.97 Å². The zero-order valence-electron chi connectivity index (χ0n) is 14.7. The number of hydrogen-bond donors (Lipinski definition) is 0. The first-order chi connectivity index (χ1) is 13.5. The Kier molecular flexibility index (Phi) is 5.19. The lowest BCUT2D eigenvalue weighted by molar-refractivity contribution is -0.103. The maximum absolute atomic E-state index is 13.2. The van der Waals surface area contributed by atoms with Gasteiger partial charge in [0.1, 0.15) is 6.29 Å². The molecule has 3 aromatic rings. The Morgan fingerprint density at radius 2 is 1.75 bits per heavy atom. The first-order valence-electron chi connectivity index (χ1n) is 8.60. The predicted molar refractivity (Wildman–Crippen MR) is 112 cm³/mol. The molecule has 28 heavy (non-hydrogen) atoms. The van der Waals surface area contributed by atoms with E-state index in [4.69, 9.17) is 11.6 Å². The van der Waals surface area contributed by atoms with Crippen LogP contribution in [-0.2, 0) is 14.8 Å². The van der Waals surface area contributed by atoms with Gasteiger partial charge in [0, 0.05) is 27.3 Å². The van der Waals surface area contributed by atoms with Gasteiger partial charge in [-0.05, 0) is 48.9 Å². The van der Waals surface area contributed by atoms with E-state index < -0.39 is 10.0 Å². The Bertz CT molecular complexity index is 1150. The molecule has 1 unspecified atom stereocenters. The van der Waals surface area contributed by atoms with Crippen molar-refractivity contribution in [2.45, 2.75) is 21.5 Å². The molecule has 0 bridgehead atoms. The van der Waals surface area contributed by atoms with Gasteiger partial charge in [0.25, 0.3) is 10.0 Å². The molecule has 0 N–H and O–H groups in total. The monoisotopic (exact) mass is 429 g/mol. The first kappa shape index (κ1) is 19.1. The molecule has 0 amide bonds. The fourth-order valence-electron chi connectivity index (χ4n) is 3.25. The molecule has 7 heteroatoms. The van der Waals surface area contributed by atoms with Crippen LogP contribution >= 0.6 is 23.4 Å². The van der Waals surface area contributed by atoms with Gasteiger partial charge in [-0.15, -0.1) is 11.8 Å². The van der Waals surface area contributed by atoms with E-state index in [1.807, 2.05) is 18.2 Å². The summed E-state index contributed by atoms with van der Waals surface area (Å²) in [6, 6.07) is 17.4. The highest BCUT2D eigenvalue weighted by molar-refractivity contribution is 7.99. The molecular weight excluding hydrogens is 414 g/mol. The van der Waals surface area contributed by atoms with Crippen LogP contribution in [0.1, 0.15) is 22.9 Å². The highest BCUT2D eigenvalue weighted by Gasteiger charge is 2.31. The number of aromatic nitrogens is 1. The molecule has 1 aromatic heterocycles. The lowest BCUT2D eigenvalue weighted by Gasteiger charge is -2.23. The number of carbonyl (C=O) groups excluding carboxylic acids is 1. The minimum Gasteiger partial charge on any atom is -0.298 e. The number of aldehydes is 1. The summed E-state index contributed by atoms with van der Waals surface area (Å²) in [7, 11) is -3.76. The largest absolute Gasteiger partial charge is 0.298 e. The van der Waals surface area contributed by atoms with Gasteiger partial charge in [0.15, 0.2) is 0 Å². The van der Waals surface area contributed by atoms with Crippen molar-refractivity contribution in [2.75, 3.05) is 0 Å². The van der Waals surface area contributed by atoms with Crippen molar-refractivity contribution >= 4 is 45.2 Å². The summed E-state index contributed by atoms with van der Waals surface area (Å²) in [5.74, 6) is 0. The Hall–Kier alpha value is -2.28. The van der Waals surface area contributed by atoms with Crippen molar-refractivity contribution in [2.24, 2.45) is 0 Å². The number of thioether (sulfide) groups is 1. The van der Waals surface area contributed by atoms with Crippen molar-refractivity contribution < 1.29 is 13.2 Å². The summed E-state index contributed by atoms with van der Waals surface area (Å²) in [4.78, 5) is 12.7. The van der Waals surface area contributed by atoms with Crippen LogP contribution in [0.25, 0.3) is 5.57 Å². The van der Waals surface area contributed by atoms with Crippen LogP contribution in [0.5, 0.6) is 0 Å². The number of rotatable bonds is 5. The van der Waals surface area contributed by atoms with Crippen molar-refractivity contribution in [3.8, 4) is 0 Å². The average Bonchev–Trinajstić information content (AvgIpc) is 3.17. The minimum absolute atomic E-state index is 0.145. The zero-order chi connectivity index (χ0) is 19.7. The second-order valence-corrected chi connectivity index (χ2v) is 9.83. The lowest BCUT2D eigenvalue weighted by Crippen LogP contribution is -2.18. The molecule has 4 nitrogen and oxygen atoms in total. The number of benzene rings is 2. The summed E-state index contributed by atoms with van der Waals surface area (Å²) in [6.07, 6.45) is 4.73. The third-order valence-electron chi connectivity index (χ3n) is 4.58. The van der Waals surface area contributed by atoms with Gasteiger partial charge in [0.05, 0.1) is 15.8 Å². The van der Waals surface area contributed by atoms with Gasteiger partial charge in [-0.3, -0.25) is 4.79 Å². The summed E-state index contributed by atoms with van der Waals surface area (Å²) in [5.41, 5.74) is 1.80. The maximum Gasteiger partial charge on any atom is 0.267 e. The van der Waals surface area contributed by atoms with Crippen LogP contribution in [0, 0.1) is 0 Å². The van der Waals surface area contributed by atoms with E-state index in [0.29, 0.717) is 28.3 Å². The summed E-state index contributed by atoms with van der Waals surface area (Å²) < 4.78 is 27.8. The lowest BCUT2D eigenvalue weighted by atomic mass is 9.97. The van der Waals surface area contributed by atoms with E-state index in [9.17, 15) is 13.2 Å². The number of allylic oxidation sites excluding steroid dienone is 2. The highest BCUT2D eigenvalue weighted by Crippen LogP contribution is 2.45. The fraction of sp³-hybridized carbons (Fsp3) is 0.0952. The molecule has 0 aliphatic heterocycles. The summed E-state index contributed by atoms with van der Waals surface area (Å²) >= 11 is 7.52. The number of fused-ring (bicyclic) bond motifs is 1. The van der Waals surface area contributed by atoms with Gasteiger partial charge in [-0.25, -0.2) is 12.4 Å². The number of halogens is 1. The van der Waals surface area contributed by atoms with Crippen molar-refractivity contribution in [3.05, 3.63) is 89.2 Å². The molecule has 0 saturated heterocycles. The van der Waals surface area contributed by atoms with Gasteiger partial charge in [0.2, 0.25) is 0 Å². The van der Waals surface area contributed by atoms with Gasteiger partial charge >= 0.3 is 0 Å². The fourth-order valence-corrected chi connectivity index (χ4v) is 6.04. The maximum atomic E-state index is 13.2. The Morgan fingerprint density at radius 1 is 1.04 bits per heavy atom. The van der Waals surface area contributed by atoms with Crippen molar-refractivity contribution in [3.63, 3.8) is 0 Å². The molecule has 1 atom stereocenters. The average molecular weight is 430 g/mol. The predicted octanol–water partition coefficient (Wildman–Crippen LogP) is 5.20. The minimum atomic E-state index is -3.76. The Labute approximate surface area is 172 Å². The second-order valence-electron chi connectivity index (χ2n) is 6.30. The van der Waals surface area contributed by atoms with Crippen LogP contribution in [0.2, 0.25) is 5.02 Å². The van der Waals surface area contributed by atoms with E-state index in [2.05, 4.69) is 0 Å². The number of carbonyl (C=O) groups is 1. The van der Waals surface area contributed by atoms with Gasteiger partial charge in [-0.1, -0.05) is 35.9 Å². The van der Waals surface area contributed by atoms with E-state index >= 15 is 0 Å². The molecule has 0 spiro atoms. The van der Waals surface area contributed by atoms with E-state index in [1.54, 1.807) is 60.3 Å². The molecule has 1 aliphatic rings. The molecular formula is C21H16ClNO3S2. The molecule has 4 rings (SSSR count). The number of hydrogen-bond acceptors (Lipinski definition) is 4. The molecule has 1 heterocycles. The third-order valence-corrected chi connectivity index (χ3v) is 7.78. The molecule has 0 radical (unpaired) electrons. The van der Waals surface area contributed by atoms with Gasteiger partial charge < -0.3 is 0 Å². The standard InChI is InChI=1S/C21H16ClNO3S2/c22-16-7-9-17(10-8-16)27-20-11-6-15(14-24)19-12-13-23(21(19)20)28(25,26)18-4-2-1-3-5-18/h1-10,12-14,20H,11H2. The zero-order valence-corrected chi connectivity index (χ0v) is 17.0. The van der Waals surface area contributed by atoms with Crippen molar-refractivity contribution in [1.29, 1.82) is 0 Å². The van der Waals surface area contributed by atoms with Crippen LogP contribution in [0.3, 0.4) is 0 Å². The molecule has 142 valence electrons. The molecule has 1 aliphatic carbocycles. The molecule has 0 saturated carbocycles. The first-order valence-corrected chi connectivity index (χ1v) is 11.3. The smallest absolute Gasteiger partial charge is 0.267 e. The van der Waals surface area contributed by atoms with Gasteiger partial charge in [-0.2, -0.15) is 0 Å². The third kappa shape index (κ3) is 3.43. The quantitative estimate of drug-likeness (QED) is 0.523. The Morgan fingerprint density at radius 3 is 2.43 bits per heavy atom. The molecule has 0 fully saturated rings. The highest BCUT2D eigenvalue weighted by atomic mass is 35.5. The number of nitrogens with zero attached hydrogens (tertiary/aromatic N) is 1. The normalized spacial score (nSPS) is 16.3. The van der Waals surface area contributed by atoms with E-state index in [0.717, 1.165) is 11.2 Å². The summed E-state index contributed by atoms with van der Waals surface area (Å²) in [6.45, 7) is 0. The second kappa shape index (κ2) is 7.62. The SMILES string of the molecule is O=CC1=CCC(Sc2ccc(Cl)cc2)c2c1ccn2S(=O)(=O)c1ccccc1. The van der Waals surface area contributed by atoms with Crippen LogP contribution in [0.15, 0.2) is 82.7 Å².